The van der Waals surface area contributed by atoms with Crippen LogP contribution in [0.3, 0.4) is 0 Å². The quantitative estimate of drug-likeness (QED) is 0.230. The maximum absolute atomic E-state index is 5.40. The van der Waals surface area contributed by atoms with Gasteiger partial charge in [0.05, 0.1) is 19.6 Å². The number of thiophene rings is 1. The molecule has 0 spiro atoms. The molecule has 3 aromatic carbocycles. The average Bonchev–Trinajstić information content (AvgIpc) is 3.59. The van der Waals surface area contributed by atoms with Crippen LogP contribution >= 0.6 is 11.3 Å². The Kier molecular flexibility index (Phi) is 6.20. The lowest BCUT2D eigenvalue weighted by atomic mass is 9.90. The van der Waals surface area contributed by atoms with Gasteiger partial charge in [0.15, 0.2) is 0 Å². The summed E-state index contributed by atoms with van der Waals surface area (Å²) in [6, 6.07) is 24.8. The van der Waals surface area contributed by atoms with Gasteiger partial charge in [-0.1, -0.05) is 42.5 Å². The van der Waals surface area contributed by atoms with Gasteiger partial charge >= 0.3 is 0 Å². The van der Waals surface area contributed by atoms with Gasteiger partial charge in [-0.3, -0.25) is 0 Å². The molecule has 6 aromatic rings. The molecule has 0 aliphatic rings. The number of nitrogens with zero attached hydrogens (tertiary/aromatic N) is 2. The van der Waals surface area contributed by atoms with E-state index in [0.29, 0.717) is 6.54 Å². The number of para-hydroxylation sites is 1. The van der Waals surface area contributed by atoms with Crippen LogP contribution in [0.15, 0.2) is 90.7 Å². The highest BCUT2D eigenvalue weighted by Crippen LogP contribution is 2.38. The van der Waals surface area contributed by atoms with Gasteiger partial charge in [0.25, 0.3) is 0 Å². The van der Waals surface area contributed by atoms with Crippen molar-refractivity contribution in [3.05, 3.63) is 102 Å². The Morgan fingerprint density at radius 1 is 0.892 bits per heavy atom. The van der Waals surface area contributed by atoms with Crippen molar-refractivity contribution in [3.8, 4) is 22.6 Å². The molecular weight excluding hydrogens is 480 g/mol. The third-order valence-electron chi connectivity index (χ3n) is 6.76. The molecule has 0 saturated carbocycles. The number of rotatable bonds is 8. The molecule has 0 fully saturated rings. The molecular formula is C30H26N4O2S. The normalized spacial score (nSPS) is 12.1. The van der Waals surface area contributed by atoms with Crippen molar-refractivity contribution >= 4 is 38.3 Å². The van der Waals surface area contributed by atoms with Crippen LogP contribution in [0.1, 0.15) is 17.0 Å². The average molecular weight is 507 g/mol. The van der Waals surface area contributed by atoms with Crippen molar-refractivity contribution in [2.75, 3.05) is 26.1 Å². The molecule has 0 amide bonds. The lowest BCUT2D eigenvalue weighted by Crippen LogP contribution is -2.15. The minimum absolute atomic E-state index is 0.0927. The molecule has 0 bridgehead atoms. The second kappa shape index (κ2) is 9.95. The number of fused-ring (bicyclic) bond motifs is 2. The minimum Gasteiger partial charge on any atom is -0.497 e. The monoisotopic (exact) mass is 506 g/mol. The first-order chi connectivity index (χ1) is 18.2. The summed E-state index contributed by atoms with van der Waals surface area (Å²) < 4.78 is 10.7. The second-order valence-corrected chi connectivity index (χ2v) is 9.63. The summed E-state index contributed by atoms with van der Waals surface area (Å²) in [7, 11) is 3.37. The molecule has 3 aromatic heterocycles. The third-order valence-corrected chi connectivity index (χ3v) is 7.65. The summed E-state index contributed by atoms with van der Waals surface area (Å²) in [4.78, 5) is 13.6. The predicted octanol–water partition coefficient (Wildman–Crippen LogP) is 7.10. The SMILES string of the molecule is COc1ccc(-c2csc3ncnc(NC[C@@H](c4ccc(OC)cc4)c4c[nH]c5ccccc45)c23)cc1. The highest BCUT2D eigenvalue weighted by molar-refractivity contribution is 7.17. The Morgan fingerprint density at radius 2 is 1.62 bits per heavy atom. The summed E-state index contributed by atoms with van der Waals surface area (Å²) in [6.45, 7) is 0.665. The van der Waals surface area contributed by atoms with E-state index in [0.717, 1.165) is 44.2 Å². The number of aromatic amines is 1. The van der Waals surface area contributed by atoms with Gasteiger partial charge in [-0.15, -0.1) is 11.3 Å². The van der Waals surface area contributed by atoms with Crippen molar-refractivity contribution in [2.24, 2.45) is 0 Å². The van der Waals surface area contributed by atoms with E-state index in [1.165, 1.54) is 16.5 Å². The van der Waals surface area contributed by atoms with E-state index in [1.807, 2.05) is 24.3 Å². The number of methoxy groups -OCH3 is 2. The summed E-state index contributed by atoms with van der Waals surface area (Å²) in [5, 5.41) is 8.07. The van der Waals surface area contributed by atoms with E-state index in [4.69, 9.17) is 9.47 Å². The van der Waals surface area contributed by atoms with Crippen molar-refractivity contribution in [3.63, 3.8) is 0 Å². The van der Waals surface area contributed by atoms with Crippen LogP contribution in [0.5, 0.6) is 11.5 Å². The molecule has 0 aliphatic carbocycles. The molecule has 0 saturated heterocycles. The Hall–Kier alpha value is -4.36. The third kappa shape index (κ3) is 4.38. The van der Waals surface area contributed by atoms with Gasteiger partial charge in [-0.2, -0.15) is 0 Å². The number of hydrogen-bond donors (Lipinski definition) is 2. The Balaban J connectivity index is 1.38. The Labute approximate surface area is 218 Å². The molecule has 2 N–H and O–H groups in total. The zero-order valence-electron chi connectivity index (χ0n) is 20.6. The maximum atomic E-state index is 5.40. The number of H-pyrrole nitrogens is 1. The fraction of sp³-hybridized carbons (Fsp3) is 0.133. The van der Waals surface area contributed by atoms with Crippen molar-refractivity contribution in [1.82, 2.24) is 15.0 Å². The van der Waals surface area contributed by atoms with Crippen LogP contribution in [-0.2, 0) is 0 Å². The molecule has 184 valence electrons. The molecule has 6 nitrogen and oxygen atoms in total. The highest BCUT2D eigenvalue weighted by Gasteiger charge is 2.20. The molecule has 1 atom stereocenters. The maximum Gasteiger partial charge on any atom is 0.138 e. The lowest BCUT2D eigenvalue weighted by molar-refractivity contribution is 0.414. The van der Waals surface area contributed by atoms with Crippen molar-refractivity contribution < 1.29 is 9.47 Å². The zero-order valence-corrected chi connectivity index (χ0v) is 21.4. The van der Waals surface area contributed by atoms with Crippen LogP contribution < -0.4 is 14.8 Å². The first-order valence-corrected chi connectivity index (χ1v) is 12.9. The van der Waals surface area contributed by atoms with Gasteiger partial charge < -0.3 is 19.8 Å². The Morgan fingerprint density at radius 3 is 2.38 bits per heavy atom. The number of aromatic nitrogens is 3. The van der Waals surface area contributed by atoms with Crippen LogP contribution in [0.2, 0.25) is 0 Å². The number of nitrogens with one attached hydrogen (secondary N) is 2. The van der Waals surface area contributed by atoms with E-state index in [2.05, 4.69) is 80.4 Å². The van der Waals surface area contributed by atoms with E-state index in [-0.39, 0.29) is 5.92 Å². The van der Waals surface area contributed by atoms with Crippen molar-refractivity contribution in [2.45, 2.75) is 5.92 Å². The number of benzene rings is 3. The van der Waals surface area contributed by atoms with E-state index in [9.17, 15) is 0 Å². The van der Waals surface area contributed by atoms with E-state index in [1.54, 1.807) is 31.9 Å². The van der Waals surface area contributed by atoms with Gasteiger partial charge in [0.2, 0.25) is 0 Å². The lowest BCUT2D eigenvalue weighted by Gasteiger charge is -2.19. The molecule has 0 aliphatic heterocycles. The Bertz CT molecular complexity index is 1660. The van der Waals surface area contributed by atoms with E-state index >= 15 is 0 Å². The zero-order chi connectivity index (χ0) is 25.2. The first kappa shape index (κ1) is 23.1. The first-order valence-electron chi connectivity index (χ1n) is 12.1. The van der Waals surface area contributed by atoms with Crippen LogP contribution in [-0.4, -0.2) is 35.7 Å². The van der Waals surface area contributed by atoms with Gasteiger partial charge in [0, 0.05) is 40.5 Å². The molecule has 7 heteroatoms. The number of ether oxygens (including phenoxy) is 2. The van der Waals surface area contributed by atoms with E-state index < -0.39 is 0 Å². The highest BCUT2D eigenvalue weighted by atomic mass is 32.1. The predicted molar refractivity (Wildman–Crippen MR) is 151 cm³/mol. The van der Waals surface area contributed by atoms with Crippen molar-refractivity contribution in [1.29, 1.82) is 0 Å². The summed E-state index contributed by atoms with van der Waals surface area (Å²) in [6.07, 6.45) is 3.75. The van der Waals surface area contributed by atoms with Gasteiger partial charge in [-0.05, 0) is 47.0 Å². The van der Waals surface area contributed by atoms with Crippen LogP contribution in [0.25, 0.3) is 32.2 Å². The molecule has 0 radical (unpaired) electrons. The number of anilines is 1. The summed E-state index contributed by atoms with van der Waals surface area (Å²) in [5.41, 5.74) is 5.77. The standard InChI is InChI=1S/C30H26N4O2S/c1-35-21-11-7-19(8-12-21)24(25-16-31-27-6-4-3-5-23(25)27)15-32-29-28-26(17-37-30(28)34-18-33-29)20-9-13-22(36-2)14-10-20/h3-14,16-18,24,31H,15H2,1-2H3,(H,32,33,34)/t24-/m0/s1. The van der Waals surface area contributed by atoms with Gasteiger partial charge in [-0.25, -0.2) is 9.97 Å². The smallest absolute Gasteiger partial charge is 0.138 e. The second-order valence-electron chi connectivity index (χ2n) is 8.78. The van der Waals surface area contributed by atoms with Gasteiger partial charge in [0.1, 0.15) is 28.5 Å². The summed E-state index contributed by atoms with van der Waals surface area (Å²) in [5.74, 6) is 2.60. The number of hydrogen-bond acceptors (Lipinski definition) is 6. The fourth-order valence-corrected chi connectivity index (χ4v) is 5.73. The largest absolute Gasteiger partial charge is 0.497 e. The molecule has 3 heterocycles. The van der Waals surface area contributed by atoms with Crippen LogP contribution in [0, 0.1) is 0 Å². The van der Waals surface area contributed by atoms with Crippen LogP contribution in [0.4, 0.5) is 5.82 Å². The molecule has 0 unspecified atom stereocenters. The summed E-state index contributed by atoms with van der Waals surface area (Å²) >= 11 is 1.63. The topological polar surface area (TPSA) is 72.1 Å². The molecule has 6 rings (SSSR count). The molecule has 37 heavy (non-hydrogen) atoms. The fourth-order valence-electron chi connectivity index (χ4n) is 4.82. The minimum atomic E-state index is 0.0927.